The zero-order valence-electron chi connectivity index (χ0n) is 15.2. The molecule has 5 heteroatoms. The molecule has 0 unspecified atom stereocenters. The van der Waals surface area contributed by atoms with Gasteiger partial charge in [0.05, 0.1) is 5.92 Å². The molecule has 0 saturated carbocycles. The zero-order chi connectivity index (χ0) is 17.7. The van der Waals surface area contributed by atoms with E-state index in [9.17, 15) is 9.59 Å². The second-order valence-electron chi connectivity index (χ2n) is 6.88. The van der Waals surface area contributed by atoms with Gasteiger partial charge in [-0.25, -0.2) is 4.79 Å². The van der Waals surface area contributed by atoms with Gasteiger partial charge >= 0.3 is 6.03 Å². The van der Waals surface area contributed by atoms with Gasteiger partial charge in [0, 0.05) is 32.9 Å². The van der Waals surface area contributed by atoms with Gasteiger partial charge in [-0.2, -0.15) is 0 Å². The number of anilines is 1. The van der Waals surface area contributed by atoms with Gasteiger partial charge in [-0.3, -0.25) is 4.79 Å². The predicted octanol–water partition coefficient (Wildman–Crippen LogP) is 3.53. The Morgan fingerprint density at radius 1 is 1.29 bits per heavy atom. The Labute approximate surface area is 145 Å². The highest BCUT2D eigenvalue weighted by molar-refractivity contribution is 5.93. The summed E-state index contributed by atoms with van der Waals surface area (Å²) in [5.41, 5.74) is 2.11. The van der Waals surface area contributed by atoms with E-state index in [4.69, 9.17) is 0 Å². The van der Waals surface area contributed by atoms with Crippen LogP contribution in [0.4, 0.5) is 10.5 Å². The van der Waals surface area contributed by atoms with Crippen LogP contribution >= 0.6 is 0 Å². The van der Waals surface area contributed by atoms with Crippen molar-refractivity contribution >= 4 is 17.6 Å². The Bertz CT molecular complexity index is 568. The van der Waals surface area contributed by atoms with Gasteiger partial charge in [0.25, 0.3) is 0 Å². The molecule has 2 rings (SSSR count). The van der Waals surface area contributed by atoms with E-state index in [1.165, 1.54) is 5.56 Å². The molecule has 0 aliphatic carbocycles. The van der Waals surface area contributed by atoms with Crippen LogP contribution in [0.1, 0.15) is 44.6 Å². The standard InChI is InChI=1S/C19H29N3O2/c1-5-14(2)15-8-10-17(11-9-15)20-18(23)16-7-6-12-22(13-16)19(24)21(3)4/h8-11,14,16H,5-7,12-13H2,1-4H3,(H,20,23)/t14-,16+/m1/s1. The Kier molecular flexibility index (Phi) is 6.23. The summed E-state index contributed by atoms with van der Waals surface area (Å²) >= 11 is 0. The fraction of sp³-hybridized carbons (Fsp3) is 0.579. The second kappa shape index (κ2) is 8.18. The molecular formula is C19H29N3O2. The lowest BCUT2D eigenvalue weighted by molar-refractivity contribution is -0.121. The number of hydrogen-bond acceptors (Lipinski definition) is 2. The van der Waals surface area contributed by atoms with Gasteiger partial charge in [0.2, 0.25) is 5.91 Å². The van der Waals surface area contributed by atoms with Crippen LogP contribution in [0.25, 0.3) is 0 Å². The number of nitrogens with one attached hydrogen (secondary N) is 1. The minimum atomic E-state index is -0.142. The van der Waals surface area contributed by atoms with Gasteiger partial charge in [0.15, 0.2) is 0 Å². The molecule has 0 radical (unpaired) electrons. The lowest BCUT2D eigenvalue weighted by Crippen LogP contribution is -2.47. The first-order chi connectivity index (χ1) is 11.4. The van der Waals surface area contributed by atoms with Gasteiger partial charge in [-0.15, -0.1) is 0 Å². The van der Waals surface area contributed by atoms with Gasteiger partial charge < -0.3 is 15.1 Å². The molecule has 24 heavy (non-hydrogen) atoms. The first-order valence-electron chi connectivity index (χ1n) is 8.79. The van der Waals surface area contributed by atoms with E-state index in [1.54, 1.807) is 23.9 Å². The Morgan fingerprint density at radius 3 is 2.54 bits per heavy atom. The molecule has 1 saturated heterocycles. The average Bonchev–Trinajstić information content (AvgIpc) is 2.61. The number of hydrogen-bond donors (Lipinski definition) is 1. The number of benzene rings is 1. The Morgan fingerprint density at radius 2 is 1.96 bits per heavy atom. The highest BCUT2D eigenvalue weighted by Gasteiger charge is 2.29. The molecule has 5 nitrogen and oxygen atoms in total. The maximum absolute atomic E-state index is 12.5. The molecule has 2 atom stereocenters. The van der Waals surface area contributed by atoms with Crippen LogP contribution in [0.3, 0.4) is 0 Å². The fourth-order valence-corrected chi connectivity index (χ4v) is 3.02. The van der Waals surface area contributed by atoms with Crippen LogP contribution < -0.4 is 5.32 Å². The predicted molar refractivity (Wildman–Crippen MR) is 97.2 cm³/mol. The van der Waals surface area contributed by atoms with Crippen molar-refractivity contribution in [3.05, 3.63) is 29.8 Å². The summed E-state index contributed by atoms with van der Waals surface area (Å²) in [6.45, 7) is 5.59. The second-order valence-corrected chi connectivity index (χ2v) is 6.88. The van der Waals surface area contributed by atoms with Crippen molar-refractivity contribution < 1.29 is 9.59 Å². The molecule has 1 aromatic carbocycles. The molecule has 1 heterocycles. The third-order valence-corrected chi connectivity index (χ3v) is 4.80. The van der Waals surface area contributed by atoms with Crippen LogP contribution in [0.15, 0.2) is 24.3 Å². The molecule has 3 amide bonds. The number of likely N-dealkylation sites (tertiary alicyclic amines) is 1. The third kappa shape index (κ3) is 4.49. The normalized spacial score (nSPS) is 18.8. The summed E-state index contributed by atoms with van der Waals surface area (Å²) in [5, 5.41) is 2.99. The largest absolute Gasteiger partial charge is 0.331 e. The van der Waals surface area contributed by atoms with Gasteiger partial charge in [0.1, 0.15) is 0 Å². The van der Waals surface area contributed by atoms with Crippen LogP contribution in [-0.2, 0) is 4.79 Å². The van der Waals surface area contributed by atoms with Gasteiger partial charge in [-0.1, -0.05) is 26.0 Å². The first kappa shape index (κ1) is 18.3. The van der Waals surface area contributed by atoms with E-state index in [-0.39, 0.29) is 17.9 Å². The van der Waals surface area contributed by atoms with Crippen molar-refractivity contribution in [1.82, 2.24) is 9.80 Å². The average molecular weight is 331 g/mol. The molecule has 1 aliphatic rings. The zero-order valence-corrected chi connectivity index (χ0v) is 15.2. The van der Waals surface area contributed by atoms with Crippen molar-refractivity contribution in [3.63, 3.8) is 0 Å². The van der Waals surface area contributed by atoms with E-state index in [1.807, 2.05) is 12.1 Å². The van der Waals surface area contributed by atoms with Crippen LogP contribution in [-0.4, -0.2) is 48.9 Å². The molecule has 1 aliphatic heterocycles. The SMILES string of the molecule is CC[C@@H](C)c1ccc(NC(=O)[C@H]2CCCN(C(=O)N(C)C)C2)cc1. The van der Waals surface area contributed by atoms with E-state index >= 15 is 0 Å². The van der Waals surface area contributed by atoms with Crippen molar-refractivity contribution in [1.29, 1.82) is 0 Å². The Hall–Kier alpha value is -2.04. The molecular weight excluding hydrogens is 302 g/mol. The lowest BCUT2D eigenvalue weighted by atomic mass is 9.96. The van der Waals surface area contributed by atoms with Crippen LogP contribution in [0.5, 0.6) is 0 Å². The molecule has 132 valence electrons. The van der Waals surface area contributed by atoms with Crippen molar-refractivity contribution in [2.75, 3.05) is 32.5 Å². The van der Waals surface area contributed by atoms with Gasteiger partial charge in [-0.05, 0) is 42.9 Å². The van der Waals surface area contributed by atoms with Crippen molar-refractivity contribution in [2.45, 2.75) is 39.0 Å². The van der Waals surface area contributed by atoms with Crippen LogP contribution in [0.2, 0.25) is 0 Å². The monoisotopic (exact) mass is 331 g/mol. The highest BCUT2D eigenvalue weighted by atomic mass is 16.2. The molecule has 1 fully saturated rings. The Balaban J connectivity index is 1.95. The summed E-state index contributed by atoms with van der Waals surface area (Å²) in [7, 11) is 3.48. The summed E-state index contributed by atoms with van der Waals surface area (Å²) < 4.78 is 0. The molecule has 0 aromatic heterocycles. The first-order valence-corrected chi connectivity index (χ1v) is 8.79. The summed E-state index contributed by atoms with van der Waals surface area (Å²) in [6, 6.07) is 8.06. The summed E-state index contributed by atoms with van der Waals surface area (Å²) in [5.74, 6) is 0.387. The highest BCUT2D eigenvalue weighted by Crippen LogP contribution is 2.22. The quantitative estimate of drug-likeness (QED) is 0.917. The maximum Gasteiger partial charge on any atom is 0.319 e. The fourth-order valence-electron chi connectivity index (χ4n) is 3.02. The summed E-state index contributed by atoms with van der Waals surface area (Å²) in [6.07, 6.45) is 2.79. The van der Waals surface area contributed by atoms with Crippen LogP contribution in [0, 0.1) is 5.92 Å². The van der Waals surface area contributed by atoms with Crippen molar-refractivity contribution in [3.8, 4) is 0 Å². The third-order valence-electron chi connectivity index (χ3n) is 4.80. The van der Waals surface area contributed by atoms with Crippen molar-refractivity contribution in [2.24, 2.45) is 5.92 Å². The topological polar surface area (TPSA) is 52.7 Å². The lowest BCUT2D eigenvalue weighted by Gasteiger charge is -2.33. The van der Waals surface area contributed by atoms with E-state index in [2.05, 4.69) is 31.3 Å². The van der Waals surface area contributed by atoms with E-state index in [0.29, 0.717) is 12.5 Å². The molecule has 1 N–H and O–H groups in total. The molecule has 1 aromatic rings. The number of urea groups is 1. The van der Waals surface area contributed by atoms with E-state index in [0.717, 1.165) is 31.5 Å². The number of carbonyl (C=O) groups is 2. The minimum Gasteiger partial charge on any atom is -0.331 e. The number of amides is 3. The maximum atomic E-state index is 12.5. The molecule has 0 bridgehead atoms. The smallest absolute Gasteiger partial charge is 0.319 e. The minimum absolute atomic E-state index is 0.00236. The van der Waals surface area contributed by atoms with E-state index < -0.39 is 0 Å². The number of nitrogens with zero attached hydrogens (tertiary/aromatic N) is 2. The number of piperidine rings is 1. The number of carbonyl (C=O) groups excluding carboxylic acids is 2. The number of rotatable bonds is 4. The summed E-state index contributed by atoms with van der Waals surface area (Å²) in [4.78, 5) is 27.9. The molecule has 0 spiro atoms.